The number of hydrogen-bond acceptors (Lipinski definition) is 5. The maximum Gasteiger partial charge on any atom is 0.358 e. The highest BCUT2D eigenvalue weighted by molar-refractivity contribution is 7.19. The van der Waals surface area contributed by atoms with Crippen molar-refractivity contribution >= 4 is 22.4 Å². The van der Waals surface area contributed by atoms with Gasteiger partial charge in [-0.3, -0.25) is 0 Å². The normalized spacial score (nSPS) is 10.2. The highest BCUT2D eigenvalue weighted by atomic mass is 32.1. The number of anilines is 1. The molecule has 2 heterocycles. The van der Waals surface area contributed by atoms with Gasteiger partial charge in [0.25, 0.3) is 0 Å². The average molecular weight is 223 g/mol. The van der Waals surface area contributed by atoms with E-state index < -0.39 is 5.97 Å². The molecule has 0 saturated carbocycles. The van der Waals surface area contributed by atoms with Crippen molar-refractivity contribution in [3.8, 4) is 10.6 Å². The Morgan fingerprint density at radius 3 is 3.07 bits per heavy atom. The van der Waals surface area contributed by atoms with Crippen molar-refractivity contribution in [3.05, 3.63) is 24.0 Å². The van der Waals surface area contributed by atoms with Crippen molar-refractivity contribution in [1.29, 1.82) is 0 Å². The summed E-state index contributed by atoms with van der Waals surface area (Å²) >= 11 is 1.25. The van der Waals surface area contributed by atoms with E-state index >= 15 is 0 Å². The maximum atomic E-state index is 11.4. The lowest BCUT2D eigenvalue weighted by Crippen LogP contribution is -2.03. The second-order valence-corrected chi connectivity index (χ2v) is 3.84. The fraction of sp³-hybridized carbons (Fsp3) is 0.111. The summed E-state index contributed by atoms with van der Waals surface area (Å²) in [4.78, 5) is 19.0. The molecule has 2 aromatic rings. The standard InChI is InChI=1S/C9H9N3O2S/c1-14-8(13)6-7(15-9(10)12-6)5-3-2-4-11-5/h2-4,11H,1H3,(H2,10,12). The van der Waals surface area contributed by atoms with Gasteiger partial charge >= 0.3 is 5.97 Å². The second kappa shape index (κ2) is 3.74. The largest absolute Gasteiger partial charge is 0.464 e. The average Bonchev–Trinajstić information content (AvgIpc) is 2.84. The van der Waals surface area contributed by atoms with Gasteiger partial charge in [0.15, 0.2) is 10.8 Å². The number of rotatable bonds is 2. The van der Waals surface area contributed by atoms with Crippen molar-refractivity contribution in [1.82, 2.24) is 9.97 Å². The first-order valence-electron chi connectivity index (χ1n) is 4.20. The van der Waals surface area contributed by atoms with E-state index in [2.05, 4.69) is 14.7 Å². The van der Waals surface area contributed by atoms with Crippen molar-refractivity contribution in [2.45, 2.75) is 0 Å². The summed E-state index contributed by atoms with van der Waals surface area (Å²) in [6.07, 6.45) is 1.77. The number of thiazole rings is 1. The minimum absolute atomic E-state index is 0.252. The van der Waals surface area contributed by atoms with Gasteiger partial charge in [-0.2, -0.15) is 0 Å². The third-order valence-electron chi connectivity index (χ3n) is 1.87. The molecule has 0 aliphatic carbocycles. The zero-order valence-electron chi connectivity index (χ0n) is 7.98. The summed E-state index contributed by atoms with van der Waals surface area (Å²) in [6, 6.07) is 3.69. The van der Waals surface area contributed by atoms with Crippen LogP contribution in [0.3, 0.4) is 0 Å². The minimum Gasteiger partial charge on any atom is -0.464 e. The Kier molecular flexibility index (Phi) is 2.42. The van der Waals surface area contributed by atoms with Gasteiger partial charge in [0.1, 0.15) is 0 Å². The van der Waals surface area contributed by atoms with Crippen molar-refractivity contribution in [2.75, 3.05) is 12.8 Å². The van der Waals surface area contributed by atoms with Crippen LogP contribution in [0.5, 0.6) is 0 Å². The van der Waals surface area contributed by atoms with E-state index in [-0.39, 0.29) is 5.69 Å². The molecular weight excluding hydrogens is 214 g/mol. The molecule has 0 saturated heterocycles. The summed E-state index contributed by atoms with van der Waals surface area (Å²) in [6.45, 7) is 0. The van der Waals surface area contributed by atoms with E-state index in [4.69, 9.17) is 5.73 Å². The van der Waals surface area contributed by atoms with Crippen LogP contribution >= 0.6 is 11.3 Å². The molecule has 0 unspecified atom stereocenters. The van der Waals surface area contributed by atoms with Crippen molar-refractivity contribution in [2.24, 2.45) is 0 Å². The molecule has 0 spiro atoms. The monoisotopic (exact) mass is 223 g/mol. The third-order valence-corrected chi connectivity index (χ3v) is 2.78. The predicted octanol–water partition coefficient (Wildman–Crippen LogP) is 1.51. The number of carbonyl (C=O) groups is 1. The van der Waals surface area contributed by atoms with Gasteiger partial charge < -0.3 is 15.5 Å². The number of methoxy groups -OCH3 is 1. The van der Waals surface area contributed by atoms with E-state index in [1.165, 1.54) is 18.4 Å². The van der Waals surface area contributed by atoms with Gasteiger partial charge in [-0.25, -0.2) is 9.78 Å². The first-order chi connectivity index (χ1) is 7.22. The third kappa shape index (κ3) is 1.71. The van der Waals surface area contributed by atoms with Crippen molar-refractivity contribution < 1.29 is 9.53 Å². The van der Waals surface area contributed by atoms with E-state index in [1.54, 1.807) is 6.20 Å². The SMILES string of the molecule is COC(=O)c1nc(N)sc1-c1ccc[nH]1. The molecule has 3 N–H and O–H groups in total. The number of esters is 1. The lowest BCUT2D eigenvalue weighted by atomic mass is 10.3. The number of carbonyl (C=O) groups excluding carboxylic acids is 1. The lowest BCUT2D eigenvalue weighted by Gasteiger charge is -1.97. The first-order valence-corrected chi connectivity index (χ1v) is 5.02. The van der Waals surface area contributed by atoms with Crippen LogP contribution in [0, 0.1) is 0 Å². The maximum absolute atomic E-state index is 11.4. The zero-order valence-corrected chi connectivity index (χ0v) is 8.80. The molecular formula is C9H9N3O2S. The molecule has 2 aromatic heterocycles. The number of hydrogen-bond donors (Lipinski definition) is 2. The van der Waals surface area contributed by atoms with Crippen LogP contribution in [0.1, 0.15) is 10.5 Å². The van der Waals surface area contributed by atoms with Crippen molar-refractivity contribution in [3.63, 3.8) is 0 Å². The molecule has 0 aliphatic rings. The van der Waals surface area contributed by atoms with Crippen LogP contribution in [0.25, 0.3) is 10.6 Å². The van der Waals surface area contributed by atoms with Gasteiger partial charge in [-0.15, -0.1) is 0 Å². The molecule has 0 aliphatic heterocycles. The number of nitrogens with one attached hydrogen (secondary N) is 1. The number of aromatic nitrogens is 2. The highest BCUT2D eigenvalue weighted by Gasteiger charge is 2.19. The van der Waals surface area contributed by atoms with Gasteiger partial charge in [0.2, 0.25) is 0 Å². The smallest absolute Gasteiger partial charge is 0.358 e. The summed E-state index contributed by atoms with van der Waals surface area (Å²) in [5.41, 5.74) is 6.63. The van der Waals surface area contributed by atoms with Crippen LogP contribution in [0.2, 0.25) is 0 Å². The molecule has 0 bridgehead atoms. The van der Waals surface area contributed by atoms with Crippen LogP contribution < -0.4 is 5.73 Å². The van der Waals surface area contributed by atoms with Crippen LogP contribution in [-0.2, 0) is 4.74 Å². The Balaban J connectivity index is 2.52. The Hall–Kier alpha value is -1.82. The van der Waals surface area contributed by atoms with Crippen LogP contribution in [0.15, 0.2) is 18.3 Å². The summed E-state index contributed by atoms with van der Waals surface area (Å²) < 4.78 is 4.62. The number of nitrogens with zero attached hydrogens (tertiary/aromatic N) is 1. The summed E-state index contributed by atoms with van der Waals surface area (Å²) in [5, 5.41) is 0.347. The molecule has 78 valence electrons. The fourth-order valence-corrected chi connectivity index (χ4v) is 2.03. The zero-order chi connectivity index (χ0) is 10.8. The molecule has 15 heavy (non-hydrogen) atoms. The quantitative estimate of drug-likeness (QED) is 0.756. The predicted molar refractivity (Wildman–Crippen MR) is 57.7 cm³/mol. The number of aromatic amines is 1. The van der Waals surface area contributed by atoms with Crippen LogP contribution in [0.4, 0.5) is 5.13 Å². The topological polar surface area (TPSA) is 81.0 Å². The second-order valence-electron chi connectivity index (χ2n) is 2.81. The van der Waals surface area contributed by atoms with Gasteiger partial charge in [0.05, 0.1) is 17.7 Å². The number of nitrogens with two attached hydrogens (primary N) is 1. The molecule has 0 amide bonds. The molecule has 0 fully saturated rings. The number of H-pyrrole nitrogens is 1. The van der Waals surface area contributed by atoms with E-state index in [9.17, 15) is 4.79 Å². The Morgan fingerprint density at radius 1 is 1.67 bits per heavy atom. The Labute approximate surface area is 89.9 Å². The molecule has 2 rings (SSSR count). The number of nitrogen functional groups attached to an aromatic ring is 1. The molecule has 5 nitrogen and oxygen atoms in total. The van der Waals surface area contributed by atoms with E-state index in [0.717, 1.165) is 5.69 Å². The molecule has 0 aromatic carbocycles. The summed E-state index contributed by atoms with van der Waals surface area (Å²) in [5.74, 6) is -0.479. The van der Waals surface area contributed by atoms with Gasteiger partial charge in [-0.1, -0.05) is 11.3 Å². The Bertz CT molecular complexity index is 476. The Morgan fingerprint density at radius 2 is 2.47 bits per heavy atom. The molecule has 6 heteroatoms. The molecule has 0 radical (unpaired) electrons. The first kappa shape index (κ1) is 9.72. The van der Waals surface area contributed by atoms with Gasteiger partial charge in [0, 0.05) is 6.20 Å². The van der Waals surface area contributed by atoms with Gasteiger partial charge in [-0.05, 0) is 12.1 Å². The van der Waals surface area contributed by atoms with Crippen LogP contribution in [-0.4, -0.2) is 23.0 Å². The van der Waals surface area contributed by atoms with E-state index in [0.29, 0.717) is 10.0 Å². The highest BCUT2D eigenvalue weighted by Crippen LogP contribution is 2.30. The molecule has 0 atom stereocenters. The summed E-state index contributed by atoms with van der Waals surface area (Å²) in [7, 11) is 1.32. The fourth-order valence-electron chi connectivity index (χ4n) is 1.23. The minimum atomic E-state index is -0.479. The lowest BCUT2D eigenvalue weighted by molar-refractivity contribution is 0.0596. The number of ether oxygens (including phenoxy) is 1. The van der Waals surface area contributed by atoms with E-state index in [1.807, 2.05) is 12.1 Å².